The second kappa shape index (κ2) is 6.35. The Hall–Kier alpha value is -0.620. The molecule has 0 fully saturated rings. The van der Waals surface area contributed by atoms with Crippen LogP contribution in [-0.4, -0.2) is 32.0 Å². The molecule has 0 bridgehead atoms. The van der Waals surface area contributed by atoms with Gasteiger partial charge in [-0.2, -0.15) is 0 Å². The molecule has 0 aromatic carbocycles. The number of hydrogen-bond donors (Lipinski definition) is 1. The SMILES string of the molecule is CC(C)CCCOC(=S)NC1C=CS(=O)(=O)C1. The van der Waals surface area contributed by atoms with Crippen molar-refractivity contribution in [1.29, 1.82) is 0 Å². The normalized spacial score (nSPS) is 21.7. The van der Waals surface area contributed by atoms with Crippen LogP contribution in [0.5, 0.6) is 0 Å². The van der Waals surface area contributed by atoms with E-state index in [1.54, 1.807) is 6.08 Å². The Bertz CT molecular complexity index is 388. The lowest BCUT2D eigenvalue weighted by Crippen LogP contribution is -2.35. The molecule has 0 spiro atoms. The Kier molecular flexibility index (Phi) is 5.39. The second-order valence-electron chi connectivity index (χ2n) is 4.58. The van der Waals surface area contributed by atoms with Crippen molar-refractivity contribution in [2.75, 3.05) is 12.4 Å². The van der Waals surface area contributed by atoms with Crippen LogP contribution < -0.4 is 5.32 Å². The number of thiocarbonyl (C=S) groups is 1. The highest BCUT2D eigenvalue weighted by atomic mass is 32.2. The molecule has 0 saturated carbocycles. The van der Waals surface area contributed by atoms with Gasteiger partial charge in [0.1, 0.15) is 0 Å². The zero-order valence-electron chi connectivity index (χ0n) is 10.2. The van der Waals surface area contributed by atoms with Gasteiger partial charge < -0.3 is 10.1 Å². The van der Waals surface area contributed by atoms with Gasteiger partial charge in [-0.1, -0.05) is 13.8 Å². The Morgan fingerprint density at radius 2 is 2.29 bits per heavy atom. The maximum Gasteiger partial charge on any atom is 0.257 e. The summed E-state index contributed by atoms with van der Waals surface area (Å²) in [4.78, 5) is 0. The van der Waals surface area contributed by atoms with Gasteiger partial charge in [0, 0.05) is 5.41 Å². The van der Waals surface area contributed by atoms with Gasteiger partial charge in [-0.25, -0.2) is 8.42 Å². The van der Waals surface area contributed by atoms with Crippen LogP contribution in [0.1, 0.15) is 26.7 Å². The first-order valence-corrected chi connectivity index (χ1v) is 7.85. The van der Waals surface area contributed by atoms with Crippen LogP contribution in [-0.2, 0) is 14.6 Å². The van der Waals surface area contributed by atoms with Gasteiger partial charge in [0.15, 0.2) is 9.84 Å². The molecule has 1 aliphatic rings. The fourth-order valence-corrected chi connectivity index (χ4v) is 2.99. The minimum atomic E-state index is -3.04. The molecule has 4 nitrogen and oxygen atoms in total. The number of ether oxygens (including phenoxy) is 1. The minimum Gasteiger partial charge on any atom is -0.471 e. The number of hydrogen-bond acceptors (Lipinski definition) is 4. The molecule has 1 unspecified atom stereocenters. The van der Waals surface area contributed by atoms with E-state index >= 15 is 0 Å². The molecule has 1 atom stereocenters. The van der Waals surface area contributed by atoms with E-state index in [9.17, 15) is 8.42 Å². The molecule has 6 heteroatoms. The van der Waals surface area contributed by atoms with Crippen molar-refractivity contribution in [2.45, 2.75) is 32.7 Å². The monoisotopic (exact) mass is 277 g/mol. The number of sulfone groups is 1. The molecule has 0 aliphatic carbocycles. The van der Waals surface area contributed by atoms with E-state index in [0.717, 1.165) is 12.8 Å². The van der Waals surface area contributed by atoms with Gasteiger partial charge in [0.25, 0.3) is 5.17 Å². The van der Waals surface area contributed by atoms with Crippen molar-refractivity contribution in [2.24, 2.45) is 5.92 Å². The van der Waals surface area contributed by atoms with E-state index in [1.807, 2.05) is 0 Å². The molecule has 0 aromatic rings. The summed E-state index contributed by atoms with van der Waals surface area (Å²) in [5, 5.41) is 4.36. The zero-order valence-corrected chi connectivity index (χ0v) is 11.8. The zero-order chi connectivity index (χ0) is 12.9. The van der Waals surface area contributed by atoms with E-state index < -0.39 is 9.84 Å². The standard InChI is InChI=1S/C11H19NO3S2/c1-9(2)4-3-6-15-11(16)12-10-5-7-17(13,14)8-10/h5,7,9-10H,3-4,6,8H2,1-2H3,(H,12,16). The Balaban J connectivity index is 2.16. The molecule has 0 aromatic heterocycles. The predicted molar refractivity (Wildman–Crippen MR) is 72.5 cm³/mol. The topological polar surface area (TPSA) is 55.4 Å². The van der Waals surface area contributed by atoms with Crippen molar-refractivity contribution in [3.05, 3.63) is 11.5 Å². The van der Waals surface area contributed by atoms with Crippen molar-refractivity contribution in [3.63, 3.8) is 0 Å². The lowest BCUT2D eigenvalue weighted by molar-refractivity contribution is 0.279. The molecule has 0 saturated heterocycles. The van der Waals surface area contributed by atoms with Crippen molar-refractivity contribution in [1.82, 2.24) is 5.32 Å². The van der Waals surface area contributed by atoms with E-state index in [0.29, 0.717) is 12.5 Å². The summed E-state index contributed by atoms with van der Waals surface area (Å²) in [6.45, 7) is 4.89. The van der Waals surface area contributed by atoms with Crippen LogP contribution in [0.25, 0.3) is 0 Å². The highest BCUT2D eigenvalue weighted by Gasteiger charge is 2.22. The predicted octanol–water partition coefficient (Wildman–Crippen LogP) is 1.62. The fourth-order valence-electron chi connectivity index (χ4n) is 1.52. The molecule has 1 heterocycles. The van der Waals surface area contributed by atoms with Crippen LogP contribution in [0, 0.1) is 5.92 Å². The van der Waals surface area contributed by atoms with E-state index in [1.165, 1.54) is 5.41 Å². The third-order valence-corrected chi connectivity index (χ3v) is 4.02. The van der Waals surface area contributed by atoms with Crippen LogP contribution in [0.4, 0.5) is 0 Å². The van der Waals surface area contributed by atoms with Gasteiger partial charge in [-0.05, 0) is 37.1 Å². The van der Waals surface area contributed by atoms with E-state index in [-0.39, 0.29) is 17.0 Å². The van der Waals surface area contributed by atoms with Gasteiger partial charge >= 0.3 is 0 Å². The van der Waals surface area contributed by atoms with Crippen LogP contribution in [0.3, 0.4) is 0 Å². The maximum absolute atomic E-state index is 11.1. The van der Waals surface area contributed by atoms with Gasteiger partial charge in [0.2, 0.25) is 0 Å². The Morgan fingerprint density at radius 1 is 1.59 bits per heavy atom. The number of nitrogens with one attached hydrogen (secondary N) is 1. The third kappa shape index (κ3) is 6.02. The smallest absolute Gasteiger partial charge is 0.257 e. The largest absolute Gasteiger partial charge is 0.471 e. The fraction of sp³-hybridized carbons (Fsp3) is 0.727. The average molecular weight is 277 g/mol. The molecule has 0 radical (unpaired) electrons. The van der Waals surface area contributed by atoms with Gasteiger partial charge in [-0.3, -0.25) is 0 Å². The molecule has 1 rings (SSSR count). The van der Waals surface area contributed by atoms with Gasteiger partial charge in [0.05, 0.1) is 18.4 Å². The molecular formula is C11H19NO3S2. The van der Waals surface area contributed by atoms with Gasteiger partial charge in [-0.15, -0.1) is 0 Å². The van der Waals surface area contributed by atoms with E-state index in [2.05, 4.69) is 19.2 Å². The Labute approximate surface area is 108 Å². The lowest BCUT2D eigenvalue weighted by atomic mass is 10.1. The third-order valence-electron chi connectivity index (χ3n) is 2.39. The maximum atomic E-state index is 11.1. The molecule has 0 amide bonds. The Morgan fingerprint density at radius 3 is 2.82 bits per heavy atom. The summed E-state index contributed by atoms with van der Waals surface area (Å²) < 4.78 is 27.6. The minimum absolute atomic E-state index is 0.0580. The summed E-state index contributed by atoms with van der Waals surface area (Å²) in [6.07, 6.45) is 3.65. The van der Waals surface area contributed by atoms with E-state index in [4.69, 9.17) is 17.0 Å². The second-order valence-corrected chi connectivity index (χ2v) is 6.88. The number of rotatable bonds is 5. The summed E-state index contributed by atoms with van der Waals surface area (Å²) in [5.41, 5.74) is 0. The summed E-state index contributed by atoms with van der Waals surface area (Å²) in [5.74, 6) is 0.714. The summed E-state index contributed by atoms with van der Waals surface area (Å²) >= 11 is 4.98. The summed E-state index contributed by atoms with van der Waals surface area (Å²) in [7, 11) is -3.04. The molecule has 1 aliphatic heterocycles. The van der Waals surface area contributed by atoms with Crippen molar-refractivity contribution < 1.29 is 13.2 Å². The lowest BCUT2D eigenvalue weighted by Gasteiger charge is -2.13. The molecular weight excluding hydrogens is 258 g/mol. The van der Waals surface area contributed by atoms with Crippen LogP contribution in [0.2, 0.25) is 0 Å². The first kappa shape index (κ1) is 14.4. The quantitative estimate of drug-likeness (QED) is 0.611. The molecule has 1 N–H and O–H groups in total. The van der Waals surface area contributed by atoms with Crippen LogP contribution >= 0.6 is 12.2 Å². The highest BCUT2D eigenvalue weighted by molar-refractivity contribution is 7.94. The molecule has 17 heavy (non-hydrogen) atoms. The molecule has 98 valence electrons. The summed E-state index contributed by atoms with van der Waals surface area (Å²) in [6, 6.07) is -0.252. The average Bonchev–Trinajstić information content (AvgIpc) is 2.52. The van der Waals surface area contributed by atoms with Crippen molar-refractivity contribution in [3.8, 4) is 0 Å². The van der Waals surface area contributed by atoms with Crippen LogP contribution in [0.15, 0.2) is 11.5 Å². The highest BCUT2D eigenvalue weighted by Crippen LogP contribution is 2.08. The first-order chi connectivity index (χ1) is 7.89. The van der Waals surface area contributed by atoms with Crippen molar-refractivity contribution >= 4 is 27.2 Å². The first-order valence-electron chi connectivity index (χ1n) is 5.73.